The monoisotopic (exact) mass is 283 g/mol. The smallest absolute Gasteiger partial charge is 0.545 e. The maximum absolute atomic E-state index is 10.7. The number of aryl methyl sites for hydroxylation is 1. The van der Waals surface area contributed by atoms with Crippen LogP contribution < -0.4 is 5.11 Å². The molecule has 1 heterocycles. The van der Waals surface area contributed by atoms with E-state index in [4.69, 9.17) is 0 Å². The predicted octanol–water partition coefficient (Wildman–Crippen LogP) is -0.373. The fourth-order valence-corrected chi connectivity index (χ4v) is 1.27. The molecule has 0 radical (unpaired) electrons. The molecule has 2 aromatic rings. The second-order valence-corrected chi connectivity index (χ2v) is 2.74. The van der Waals surface area contributed by atoms with E-state index in [1.165, 1.54) is 0 Å². The molecule has 14 heavy (non-hydrogen) atoms. The minimum absolute atomic E-state index is 0. The number of aromatic amines is 1. The Morgan fingerprint density at radius 2 is 2.14 bits per heavy atom. The SMILES string of the molecule is Cc1ccc2n[nH]nc2c1C(=O)[O-].[Ag+]. The summed E-state index contributed by atoms with van der Waals surface area (Å²) in [5.41, 5.74) is 1.61. The third-order valence-corrected chi connectivity index (χ3v) is 1.90. The quantitative estimate of drug-likeness (QED) is 0.724. The largest absolute Gasteiger partial charge is 1.00 e. The Bertz CT molecular complexity index is 480. The van der Waals surface area contributed by atoms with Crippen LogP contribution in [0.4, 0.5) is 0 Å². The average molecular weight is 284 g/mol. The minimum atomic E-state index is -1.22. The van der Waals surface area contributed by atoms with Gasteiger partial charge in [-0.05, 0) is 18.6 Å². The zero-order chi connectivity index (χ0) is 9.42. The van der Waals surface area contributed by atoms with Crippen molar-refractivity contribution in [1.29, 1.82) is 0 Å². The summed E-state index contributed by atoms with van der Waals surface area (Å²) < 4.78 is 0. The molecule has 76 valence electrons. The first-order valence-electron chi connectivity index (χ1n) is 3.71. The van der Waals surface area contributed by atoms with Gasteiger partial charge in [-0.25, -0.2) is 0 Å². The Morgan fingerprint density at radius 3 is 2.79 bits per heavy atom. The van der Waals surface area contributed by atoms with Crippen molar-refractivity contribution in [2.75, 3.05) is 0 Å². The van der Waals surface area contributed by atoms with Gasteiger partial charge in [0.05, 0.1) is 5.97 Å². The summed E-state index contributed by atoms with van der Waals surface area (Å²) in [4.78, 5) is 10.7. The molecule has 0 atom stereocenters. The molecule has 1 N–H and O–H groups in total. The van der Waals surface area contributed by atoms with E-state index < -0.39 is 5.97 Å². The van der Waals surface area contributed by atoms with Crippen LogP contribution in [0, 0.1) is 6.92 Å². The number of hydrogen-bond donors (Lipinski definition) is 1. The molecule has 0 bridgehead atoms. The summed E-state index contributed by atoms with van der Waals surface area (Å²) in [7, 11) is 0. The van der Waals surface area contributed by atoms with Gasteiger partial charge in [0.25, 0.3) is 0 Å². The molecular weight excluding hydrogens is 278 g/mol. The van der Waals surface area contributed by atoms with Crippen LogP contribution in [0.2, 0.25) is 0 Å². The normalized spacial score (nSPS) is 9.79. The third-order valence-electron chi connectivity index (χ3n) is 1.90. The fourth-order valence-electron chi connectivity index (χ4n) is 1.27. The van der Waals surface area contributed by atoms with Crippen LogP contribution in [0.25, 0.3) is 11.0 Å². The van der Waals surface area contributed by atoms with E-state index in [0.717, 1.165) is 0 Å². The number of aromatic nitrogens is 3. The third kappa shape index (κ3) is 1.57. The van der Waals surface area contributed by atoms with Crippen LogP contribution in [0.5, 0.6) is 0 Å². The molecule has 0 unspecified atom stereocenters. The predicted molar refractivity (Wildman–Crippen MR) is 43.0 cm³/mol. The van der Waals surface area contributed by atoms with Crippen molar-refractivity contribution in [2.24, 2.45) is 0 Å². The molecule has 0 saturated carbocycles. The van der Waals surface area contributed by atoms with Crippen LogP contribution in [-0.2, 0) is 22.4 Å². The fraction of sp³-hybridized carbons (Fsp3) is 0.125. The number of carbonyl (C=O) groups excluding carboxylic acids is 1. The van der Waals surface area contributed by atoms with E-state index in [-0.39, 0.29) is 27.9 Å². The summed E-state index contributed by atoms with van der Waals surface area (Å²) in [6.45, 7) is 1.69. The minimum Gasteiger partial charge on any atom is -0.545 e. The van der Waals surface area contributed by atoms with Crippen molar-refractivity contribution < 1.29 is 32.3 Å². The summed E-state index contributed by atoms with van der Waals surface area (Å²) in [5, 5.41) is 20.6. The Labute approximate surface area is 95.0 Å². The number of nitrogens with zero attached hydrogens (tertiary/aromatic N) is 2. The first-order chi connectivity index (χ1) is 6.20. The zero-order valence-electron chi connectivity index (χ0n) is 7.17. The van der Waals surface area contributed by atoms with Crippen LogP contribution in [0.1, 0.15) is 15.9 Å². The van der Waals surface area contributed by atoms with E-state index in [1.807, 2.05) is 0 Å². The van der Waals surface area contributed by atoms with Crippen molar-refractivity contribution in [1.82, 2.24) is 15.4 Å². The molecule has 1 aromatic heterocycles. The molecule has 0 spiro atoms. The Balaban J connectivity index is 0.000000980. The van der Waals surface area contributed by atoms with Gasteiger partial charge in [-0.15, -0.1) is 0 Å². The van der Waals surface area contributed by atoms with Crippen LogP contribution in [-0.4, -0.2) is 21.4 Å². The van der Waals surface area contributed by atoms with Crippen LogP contribution in [0.15, 0.2) is 12.1 Å². The summed E-state index contributed by atoms with van der Waals surface area (Å²) in [5.74, 6) is -1.22. The number of hydrogen-bond acceptors (Lipinski definition) is 4. The van der Waals surface area contributed by atoms with Crippen LogP contribution in [0.3, 0.4) is 0 Å². The Hall–Kier alpha value is -1.17. The number of fused-ring (bicyclic) bond motifs is 1. The first kappa shape index (κ1) is 10.9. The second-order valence-electron chi connectivity index (χ2n) is 2.74. The van der Waals surface area contributed by atoms with Gasteiger partial charge >= 0.3 is 22.4 Å². The number of benzene rings is 1. The van der Waals surface area contributed by atoms with Gasteiger partial charge in [0.2, 0.25) is 0 Å². The van der Waals surface area contributed by atoms with Crippen molar-refractivity contribution in [2.45, 2.75) is 6.92 Å². The molecular formula is C8H6AgN3O2. The first-order valence-corrected chi connectivity index (χ1v) is 3.71. The Morgan fingerprint density at radius 1 is 1.43 bits per heavy atom. The summed E-state index contributed by atoms with van der Waals surface area (Å²) >= 11 is 0. The standard InChI is InChI=1S/C8H7N3O2.Ag/c1-4-2-3-5-7(10-11-9-5)6(4)8(12)13;/h2-3H,1H3,(H,12,13)(H,9,10,11);/q;+1/p-1. The zero-order valence-corrected chi connectivity index (χ0v) is 8.65. The van der Waals surface area contributed by atoms with Crippen molar-refractivity contribution in [3.05, 3.63) is 23.3 Å². The second kappa shape index (κ2) is 3.91. The van der Waals surface area contributed by atoms with Crippen molar-refractivity contribution in [3.63, 3.8) is 0 Å². The maximum Gasteiger partial charge on any atom is 1.00 e. The molecule has 0 aliphatic heterocycles. The van der Waals surface area contributed by atoms with Crippen molar-refractivity contribution >= 4 is 17.0 Å². The topological polar surface area (TPSA) is 81.7 Å². The number of carboxylic acids is 1. The van der Waals surface area contributed by atoms with Gasteiger partial charge in [-0.2, -0.15) is 15.4 Å². The number of rotatable bonds is 1. The van der Waals surface area contributed by atoms with Gasteiger partial charge < -0.3 is 9.90 Å². The van der Waals surface area contributed by atoms with E-state index in [2.05, 4.69) is 15.4 Å². The van der Waals surface area contributed by atoms with E-state index in [9.17, 15) is 9.90 Å². The number of H-pyrrole nitrogens is 1. The molecule has 0 aliphatic rings. The van der Waals surface area contributed by atoms with Gasteiger partial charge in [-0.1, -0.05) is 6.07 Å². The van der Waals surface area contributed by atoms with Gasteiger partial charge in [0.15, 0.2) is 0 Å². The molecule has 0 saturated heterocycles. The summed E-state index contributed by atoms with van der Waals surface area (Å²) in [6, 6.07) is 3.39. The molecule has 2 rings (SSSR count). The number of carbonyl (C=O) groups is 1. The average Bonchev–Trinajstić information content (AvgIpc) is 2.50. The molecule has 0 amide bonds. The van der Waals surface area contributed by atoms with Crippen LogP contribution >= 0.6 is 0 Å². The number of nitrogens with one attached hydrogen (secondary N) is 1. The van der Waals surface area contributed by atoms with Gasteiger partial charge in [0.1, 0.15) is 11.0 Å². The maximum atomic E-state index is 10.7. The molecule has 6 heteroatoms. The van der Waals surface area contributed by atoms with Gasteiger partial charge in [-0.3, -0.25) is 0 Å². The molecule has 0 aliphatic carbocycles. The van der Waals surface area contributed by atoms with E-state index in [1.54, 1.807) is 19.1 Å². The van der Waals surface area contributed by atoms with E-state index >= 15 is 0 Å². The van der Waals surface area contributed by atoms with Crippen molar-refractivity contribution in [3.8, 4) is 0 Å². The molecule has 5 nitrogen and oxygen atoms in total. The number of aromatic carboxylic acids is 1. The molecule has 0 fully saturated rings. The summed E-state index contributed by atoms with van der Waals surface area (Å²) in [6.07, 6.45) is 0. The Kier molecular flexibility index (Phi) is 3.05. The van der Waals surface area contributed by atoms with E-state index in [0.29, 0.717) is 16.6 Å². The van der Waals surface area contributed by atoms with Gasteiger partial charge in [0, 0.05) is 5.56 Å². The molecule has 1 aromatic carbocycles. The number of carboxylic acid groups (broad SMARTS) is 1.